The van der Waals surface area contributed by atoms with Crippen LogP contribution < -0.4 is 5.32 Å². The minimum atomic E-state index is -4.47. The number of nitrogens with one attached hydrogen (secondary N) is 1. The van der Waals surface area contributed by atoms with Gasteiger partial charge in [0.15, 0.2) is 9.84 Å². The van der Waals surface area contributed by atoms with Crippen molar-refractivity contribution in [2.24, 2.45) is 0 Å². The summed E-state index contributed by atoms with van der Waals surface area (Å²) >= 11 is 0. The van der Waals surface area contributed by atoms with Gasteiger partial charge in [0.1, 0.15) is 5.54 Å². The summed E-state index contributed by atoms with van der Waals surface area (Å²) in [6.07, 6.45) is -4.47. The molecule has 0 aliphatic heterocycles. The van der Waals surface area contributed by atoms with Crippen LogP contribution in [0.5, 0.6) is 0 Å². The molecule has 180 valence electrons. The number of rotatable bonds is 7. The van der Waals surface area contributed by atoms with E-state index in [1.54, 1.807) is 48.5 Å². The molecule has 0 unspecified atom stereocenters. The van der Waals surface area contributed by atoms with Crippen molar-refractivity contribution in [1.29, 1.82) is 0 Å². The average Bonchev–Trinajstić information content (AvgIpc) is 2.84. The van der Waals surface area contributed by atoms with Crippen LogP contribution in [0.3, 0.4) is 0 Å². The van der Waals surface area contributed by atoms with Gasteiger partial charge in [0.05, 0.1) is 16.2 Å². The second kappa shape index (κ2) is 9.58. The third kappa shape index (κ3) is 5.41. The predicted octanol–water partition coefficient (Wildman–Crippen LogP) is 6.84. The molecule has 4 rings (SSSR count). The molecule has 0 amide bonds. The van der Waals surface area contributed by atoms with E-state index in [1.807, 2.05) is 43.3 Å². The van der Waals surface area contributed by atoms with Crippen LogP contribution in [0.4, 0.5) is 18.9 Å². The van der Waals surface area contributed by atoms with Crippen LogP contribution in [0.15, 0.2) is 114 Å². The Kier molecular flexibility index (Phi) is 6.72. The van der Waals surface area contributed by atoms with E-state index in [9.17, 15) is 21.6 Å². The van der Waals surface area contributed by atoms with Crippen molar-refractivity contribution in [1.82, 2.24) is 0 Å². The summed E-state index contributed by atoms with van der Waals surface area (Å²) in [6, 6.07) is 29.4. The van der Waals surface area contributed by atoms with Gasteiger partial charge < -0.3 is 5.32 Å². The summed E-state index contributed by atoms with van der Waals surface area (Å²) in [5, 5.41) is 3.29. The Labute approximate surface area is 203 Å². The van der Waals surface area contributed by atoms with Gasteiger partial charge in [0, 0.05) is 5.69 Å². The van der Waals surface area contributed by atoms with E-state index in [2.05, 4.69) is 5.32 Å². The van der Waals surface area contributed by atoms with Gasteiger partial charge in [-0.25, -0.2) is 8.42 Å². The van der Waals surface area contributed by atoms with Crippen LogP contribution >= 0.6 is 0 Å². The second-order valence-electron chi connectivity index (χ2n) is 8.41. The number of alkyl halides is 3. The van der Waals surface area contributed by atoms with Gasteiger partial charge in [-0.3, -0.25) is 0 Å². The monoisotopic (exact) mass is 495 g/mol. The van der Waals surface area contributed by atoms with Gasteiger partial charge in [-0.1, -0.05) is 78.4 Å². The van der Waals surface area contributed by atoms with Gasteiger partial charge in [-0.15, -0.1) is 0 Å². The first-order valence-corrected chi connectivity index (χ1v) is 12.6. The molecule has 0 aromatic heterocycles. The van der Waals surface area contributed by atoms with Crippen molar-refractivity contribution in [2.75, 3.05) is 11.1 Å². The quantitative estimate of drug-likeness (QED) is 0.305. The van der Waals surface area contributed by atoms with E-state index in [-0.39, 0.29) is 10.6 Å². The van der Waals surface area contributed by atoms with E-state index >= 15 is 0 Å². The Morgan fingerprint density at radius 3 is 1.60 bits per heavy atom. The van der Waals surface area contributed by atoms with E-state index < -0.39 is 27.1 Å². The molecular formula is C28H24F3NO2S. The maximum Gasteiger partial charge on any atom is 0.416 e. The molecule has 4 aromatic rings. The highest BCUT2D eigenvalue weighted by molar-refractivity contribution is 7.91. The van der Waals surface area contributed by atoms with E-state index in [0.717, 1.165) is 17.7 Å². The smallest absolute Gasteiger partial charge is 0.371 e. The molecule has 35 heavy (non-hydrogen) atoms. The lowest BCUT2D eigenvalue weighted by molar-refractivity contribution is -0.137. The third-order valence-electron chi connectivity index (χ3n) is 5.89. The summed E-state index contributed by atoms with van der Waals surface area (Å²) in [7, 11) is -3.82. The lowest BCUT2D eigenvalue weighted by Crippen LogP contribution is -2.43. The highest BCUT2D eigenvalue weighted by atomic mass is 32.2. The molecule has 0 bridgehead atoms. The van der Waals surface area contributed by atoms with Gasteiger partial charge in [0.25, 0.3) is 0 Å². The summed E-state index contributed by atoms with van der Waals surface area (Å²) in [5.74, 6) is -0.349. The zero-order chi connectivity index (χ0) is 25.1. The van der Waals surface area contributed by atoms with Gasteiger partial charge in [-0.05, 0) is 54.4 Å². The average molecular weight is 496 g/mol. The molecule has 3 nitrogen and oxygen atoms in total. The highest BCUT2D eigenvalue weighted by Crippen LogP contribution is 2.38. The van der Waals surface area contributed by atoms with Crippen molar-refractivity contribution in [3.8, 4) is 0 Å². The van der Waals surface area contributed by atoms with E-state index in [4.69, 9.17) is 0 Å². The summed E-state index contributed by atoms with van der Waals surface area (Å²) in [4.78, 5) is 0.175. The third-order valence-corrected chi connectivity index (χ3v) is 7.69. The molecule has 0 radical (unpaired) electrons. The molecule has 0 spiro atoms. The fourth-order valence-electron chi connectivity index (χ4n) is 4.06. The number of benzene rings is 4. The van der Waals surface area contributed by atoms with Crippen LogP contribution in [0.1, 0.15) is 22.3 Å². The lowest BCUT2D eigenvalue weighted by atomic mass is 9.84. The molecule has 0 aliphatic carbocycles. The molecule has 0 fully saturated rings. The molecule has 1 N–H and O–H groups in total. The number of hydrogen-bond acceptors (Lipinski definition) is 3. The number of halogens is 3. The minimum Gasteiger partial charge on any atom is -0.371 e. The Morgan fingerprint density at radius 2 is 1.14 bits per heavy atom. The zero-order valence-corrected chi connectivity index (χ0v) is 19.8. The minimum absolute atomic E-state index is 0.175. The fourth-order valence-corrected chi connectivity index (χ4v) is 5.75. The molecule has 0 saturated carbocycles. The Morgan fingerprint density at radius 1 is 0.657 bits per heavy atom. The first-order valence-electron chi connectivity index (χ1n) is 11.0. The normalized spacial score (nSPS) is 12.3. The first kappa shape index (κ1) is 24.5. The number of aryl methyl sites for hydroxylation is 1. The SMILES string of the molecule is Cc1ccc(S(=O)(=O)CC(Nc2ccc(C(F)(F)F)cc2)(c2ccccc2)c2ccccc2)cc1. The number of sulfone groups is 1. The molecule has 0 aliphatic rings. The van der Waals surface area contributed by atoms with Crippen LogP contribution in [0.25, 0.3) is 0 Å². The first-order chi connectivity index (χ1) is 16.6. The molecule has 0 heterocycles. The Hall–Kier alpha value is -3.58. The van der Waals surface area contributed by atoms with Gasteiger partial charge >= 0.3 is 6.18 Å². The van der Waals surface area contributed by atoms with Gasteiger partial charge in [-0.2, -0.15) is 13.2 Å². The Bertz CT molecular complexity index is 1330. The molecular weight excluding hydrogens is 471 g/mol. The maximum absolute atomic E-state index is 13.7. The summed E-state index contributed by atoms with van der Waals surface area (Å²) in [5.41, 5.74) is 0.587. The topological polar surface area (TPSA) is 46.2 Å². The van der Waals surface area contributed by atoms with Crippen molar-refractivity contribution in [2.45, 2.75) is 23.5 Å². The maximum atomic E-state index is 13.7. The molecule has 0 atom stereocenters. The summed E-state index contributed by atoms with van der Waals surface area (Å²) < 4.78 is 66.8. The molecule has 4 aromatic carbocycles. The standard InChI is InChI=1S/C28H24F3NO2S/c1-21-12-18-26(19-13-21)35(33,34)20-27(22-8-4-2-5-9-22,23-10-6-3-7-11-23)32-25-16-14-24(15-17-25)28(29,30)31/h2-19,32H,20H2,1H3. The van der Waals surface area contributed by atoms with E-state index in [1.165, 1.54) is 12.1 Å². The lowest BCUT2D eigenvalue weighted by Gasteiger charge is -2.37. The summed E-state index contributed by atoms with van der Waals surface area (Å²) in [6.45, 7) is 1.88. The zero-order valence-electron chi connectivity index (χ0n) is 19.0. The highest BCUT2D eigenvalue weighted by Gasteiger charge is 2.40. The van der Waals surface area contributed by atoms with Crippen LogP contribution in [0.2, 0.25) is 0 Å². The molecule has 7 heteroatoms. The van der Waals surface area contributed by atoms with Crippen LogP contribution in [0, 0.1) is 6.92 Å². The van der Waals surface area contributed by atoms with Crippen molar-refractivity contribution in [3.63, 3.8) is 0 Å². The van der Waals surface area contributed by atoms with Crippen LogP contribution in [-0.4, -0.2) is 14.2 Å². The van der Waals surface area contributed by atoms with E-state index in [0.29, 0.717) is 16.8 Å². The van der Waals surface area contributed by atoms with Crippen LogP contribution in [-0.2, 0) is 21.6 Å². The molecule has 0 saturated heterocycles. The van der Waals surface area contributed by atoms with Crippen molar-refractivity contribution >= 4 is 15.5 Å². The number of anilines is 1. The fraction of sp³-hybridized carbons (Fsp3) is 0.143. The largest absolute Gasteiger partial charge is 0.416 e. The number of hydrogen-bond donors (Lipinski definition) is 1. The predicted molar refractivity (Wildman–Crippen MR) is 132 cm³/mol. The van der Waals surface area contributed by atoms with Crippen molar-refractivity contribution < 1.29 is 21.6 Å². The van der Waals surface area contributed by atoms with Gasteiger partial charge in [0.2, 0.25) is 0 Å². The second-order valence-corrected chi connectivity index (χ2v) is 10.4. The Balaban J connectivity index is 1.88. The van der Waals surface area contributed by atoms with Crippen molar-refractivity contribution in [3.05, 3.63) is 131 Å².